The van der Waals surface area contributed by atoms with Gasteiger partial charge in [-0.05, 0) is 86.8 Å². The Balaban J connectivity index is 1.42. The molecule has 0 spiro atoms. The molecule has 0 heterocycles. The maximum Gasteiger partial charge on any atom is 0.151 e. The van der Waals surface area contributed by atoms with Gasteiger partial charge in [0.05, 0.1) is 50.8 Å². The van der Waals surface area contributed by atoms with E-state index in [9.17, 15) is 18.2 Å². The Kier molecular flexibility index (Phi) is 16.4. The van der Waals surface area contributed by atoms with Gasteiger partial charge in [-0.25, -0.2) is 0 Å². The first-order chi connectivity index (χ1) is 27.2. The summed E-state index contributed by atoms with van der Waals surface area (Å²) < 4.78 is 81.0. The normalized spacial score (nSPS) is 20.8. The molecule has 2 aromatic rings. The summed E-state index contributed by atoms with van der Waals surface area (Å²) >= 11 is 0. The van der Waals surface area contributed by atoms with Crippen LogP contribution in [0.15, 0.2) is 24.3 Å². The highest BCUT2D eigenvalue weighted by Gasteiger charge is 2.32. The molecule has 57 heavy (non-hydrogen) atoms. The molecule has 324 valence electrons. The molecule has 0 aromatic heterocycles. The molecule has 0 aliphatic heterocycles. The van der Waals surface area contributed by atoms with Gasteiger partial charge in [0.2, 0.25) is 0 Å². The van der Waals surface area contributed by atoms with Crippen LogP contribution in [0.1, 0.15) is 176 Å². The number of rotatable bonds is 18. The van der Waals surface area contributed by atoms with E-state index in [1.54, 1.807) is 0 Å². The highest BCUT2D eigenvalue weighted by molar-refractivity contribution is 8.20. The van der Waals surface area contributed by atoms with Gasteiger partial charge in [0.15, 0.2) is 11.5 Å². The number of benzene rings is 2. The van der Waals surface area contributed by atoms with Crippen molar-refractivity contribution in [3.8, 4) is 11.5 Å². The first-order valence-corrected chi connectivity index (χ1v) is 25.6. The smallest absolute Gasteiger partial charge is 0.151 e. The van der Waals surface area contributed by atoms with E-state index >= 15 is 0 Å². The molecule has 0 radical (unpaired) electrons. The van der Waals surface area contributed by atoms with Crippen LogP contribution in [0.25, 0.3) is 0 Å². The summed E-state index contributed by atoms with van der Waals surface area (Å²) in [5.41, 5.74) is 4.44. The van der Waals surface area contributed by atoms with E-state index in [1.165, 1.54) is 38.2 Å². The Morgan fingerprint density at radius 2 is 0.667 bits per heavy atom. The predicted octanol–water partition coefficient (Wildman–Crippen LogP) is 12.8. The molecular weight excluding hydrogens is 765 g/mol. The highest BCUT2D eigenvalue weighted by atomic mass is 32.3. The summed E-state index contributed by atoms with van der Waals surface area (Å²) in [6.07, 6.45) is 25.3. The quantitative estimate of drug-likeness (QED) is 0.115. The topological polar surface area (TPSA) is 136 Å². The van der Waals surface area contributed by atoms with Crippen LogP contribution in [-0.2, 0) is 50.8 Å². The molecule has 4 saturated carbocycles. The lowest BCUT2D eigenvalue weighted by Gasteiger charge is -2.33. The van der Waals surface area contributed by atoms with E-state index in [4.69, 9.17) is 27.3 Å². The summed E-state index contributed by atoms with van der Waals surface area (Å²) in [5, 5.41) is 0. The van der Waals surface area contributed by atoms with Gasteiger partial charge in [0.1, 0.15) is 21.7 Å². The van der Waals surface area contributed by atoms with Gasteiger partial charge in [-0.2, -0.15) is 0 Å². The molecule has 0 amide bonds. The van der Waals surface area contributed by atoms with Crippen LogP contribution in [0.3, 0.4) is 0 Å². The van der Waals surface area contributed by atoms with E-state index in [1.807, 2.05) is 0 Å². The van der Waals surface area contributed by atoms with E-state index in [2.05, 4.69) is 38.1 Å². The van der Waals surface area contributed by atoms with Gasteiger partial charge < -0.3 is 27.3 Å². The minimum atomic E-state index is -3.36. The Bertz CT molecular complexity index is 1350. The Labute approximate surface area is 346 Å². The van der Waals surface area contributed by atoms with Gasteiger partial charge in [-0.15, -0.1) is 0 Å². The van der Waals surface area contributed by atoms with Crippen molar-refractivity contribution in [2.24, 2.45) is 0 Å². The van der Waals surface area contributed by atoms with E-state index in [-0.39, 0.29) is 50.8 Å². The minimum Gasteiger partial charge on any atom is -0.403 e. The summed E-state index contributed by atoms with van der Waals surface area (Å²) in [6, 6.07) is 8.38. The van der Waals surface area contributed by atoms with Crippen molar-refractivity contribution in [1.82, 2.24) is 0 Å². The largest absolute Gasteiger partial charge is 0.403 e. The lowest BCUT2D eigenvalue weighted by molar-refractivity contribution is 0.0131. The number of ether oxygens (including phenoxy) is 4. The van der Waals surface area contributed by atoms with Gasteiger partial charge in [-0.1, -0.05) is 90.9 Å². The van der Waals surface area contributed by atoms with Crippen LogP contribution in [0.2, 0.25) is 0 Å². The lowest BCUT2D eigenvalue weighted by Crippen LogP contribution is -2.24. The van der Waals surface area contributed by atoms with Crippen LogP contribution in [0, 0.1) is 0 Å². The first-order valence-electron chi connectivity index (χ1n) is 21.9. The lowest BCUT2D eigenvalue weighted by atomic mass is 9.76. The zero-order valence-electron chi connectivity index (χ0n) is 35.1. The molecule has 2 aromatic carbocycles. The van der Waals surface area contributed by atoms with E-state index in [0.29, 0.717) is 11.5 Å². The average molecular weight is 837 g/mol. The minimum absolute atomic E-state index is 0.143. The molecule has 4 aliphatic carbocycles. The Morgan fingerprint density at radius 3 is 0.877 bits per heavy atom. The summed E-state index contributed by atoms with van der Waals surface area (Å²) in [4.78, 5) is 0. The molecule has 4 N–H and O–H groups in total. The molecule has 6 rings (SSSR count). The molecule has 0 saturated heterocycles. The Morgan fingerprint density at radius 1 is 0.439 bits per heavy atom. The van der Waals surface area contributed by atoms with Gasteiger partial charge >= 0.3 is 0 Å². The zero-order valence-corrected chi connectivity index (χ0v) is 36.8. The van der Waals surface area contributed by atoms with Crippen LogP contribution in [-0.4, -0.2) is 55.1 Å². The predicted molar refractivity (Wildman–Crippen MR) is 230 cm³/mol. The standard InChI is InChI=1S/C45H72O10S2/c1-45(2,37-25-33(29-50-39-17-9-5-10-18-39)43(54-56(3,46)47)34(26-37)30-51-40-19-11-6-12-20-40)38-27-35(31-52-41-21-13-7-14-22-41)44(55-57(4,48)49)36(28-38)32-53-42-23-15-8-16-24-42/h25-28,39-42,46-49H,5-24,29-32H2,1-4H3. The van der Waals surface area contributed by atoms with Gasteiger partial charge in [0.25, 0.3) is 0 Å². The van der Waals surface area contributed by atoms with Crippen molar-refractivity contribution in [1.29, 1.82) is 0 Å². The SMILES string of the molecule is CC(C)(c1cc(COC2CCCCC2)c(OS(C)(O)O)c(COC2CCCCC2)c1)c1cc(COC2CCCCC2)c(OS(C)(O)O)c(COC2CCCCC2)c1. The Hall–Kier alpha value is -1.58. The number of hydrogen-bond donors (Lipinski definition) is 4. The summed E-state index contributed by atoms with van der Waals surface area (Å²) in [5.74, 6) is 0.840. The van der Waals surface area contributed by atoms with Crippen LogP contribution < -0.4 is 8.37 Å². The van der Waals surface area contributed by atoms with Crippen molar-refractivity contribution < 1.29 is 45.5 Å². The van der Waals surface area contributed by atoms with Crippen molar-refractivity contribution in [2.75, 3.05) is 12.5 Å². The fourth-order valence-electron chi connectivity index (χ4n) is 9.11. The molecule has 4 aliphatic rings. The molecule has 0 atom stereocenters. The van der Waals surface area contributed by atoms with Crippen LogP contribution in [0.5, 0.6) is 11.5 Å². The third-order valence-corrected chi connectivity index (χ3v) is 13.5. The van der Waals surface area contributed by atoms with Crippen molar-refractivity contribution in [3.05, 3.63) is 57.6 Å². The van der Waals surface area contributed by atoms with E-state index in [0.717, 1.165) is 136 Å². The molecular formula is C45H72O10S2. The van der Waals surface area contributed by atoms with E-state index < -0.39 is 27.2 Å². The molecule has 12 heteroatoms. The fraction of sp³-hybridized carbons (Fsp3) is 0.733. The summed E-state index contributed by atoms with van der Waals surface area (Å²) in [7, 11) is -6.73. The monoisotopic (exact) mass is 836 g/mol. The summed E-state index contributed by atoms with van der Waals surface area (Å²) in [6.45, 7) is 5.48. The second-order valence-electron chi connectivity index (χ2n) is 17.8. The maximum absolute atomic E-state index is 10.7. The number of hydrogen-bond acceptors (Lipinski definition) is 10. The second-order valence-corrected chi connectivity index (χ2v) is 21.2. The third kappa shape index (κ3) is 13.7. The molecule has 4 fully saturated rings. The highest BCUT2D eigenvalue weighted by Crippen LogP contribution is 2.47. The van der Waals surface area contributed by atoms with Crippen LogP contribution in [0.4, 0.5) is 0 Å². The second kappa shape index (κ2) is 20.8. The van der Waals surface area contributed by atoms with Gasteiger partial charge in [0, 0.05) is 40.2 Å². The van der Waals surface area contributed by atoms with Crippen molar-refractivity contribution >= 4 is 21.7 Å². The maximum atomic E-state index is 10.7. The molecule has 0 unspecified atom stereocenters. The van der Waals surface area contributed by atoms with Gasteiger partial charge in [-0.3, -0.25) is 18.2 Å². The van der Waals surface area contributed by atoms with Crippen molar-refractivity contribution in [2.45, 2.75) is 199 Å². The zero-order chi connectivity index (χ0) is 40.5. The average Bonchev–Trinajstić information content (AvgIpc) is 3.19. The molecule has 0 bridgehead atoms. The van der Waals surface area contributed by atoms with Crippen LogP contribution >= 0.6 is 21.7 Å². The van der Waals surface area contributed by atoms with Crippen molar-refractivity contribution in [3.63, 3.8) is 0 Å². The molecule has 10 nitrogen and oxygen atoms in total. The first kappa shape index (κ1) is 45.0. The fourth-order valence-corrected chi connectivity index (χ4v) is 10.2. The third-order valence-electron chi connectivity index (χ3n) is 12.5.